The standard InChI is InChI=1S/C16H19N5O2S/c1-11(2)14-8-17-15(23-14)10-24-16-18-19-20-21(16)9-12-4-6-13(22-3)7-5-12/h4-8,11H,9-10H2,1-3H3. The van der Waals surface area contributed by atoms with Gasteiger partial charge in [0.15, 0.2) is 0 Å². The molecule has 0 unspecified atom stereocenters. The number of hydrogen-bond acceptors (Lipinski definition) is 7. The van der Waals surface area contributed by atoms with Crippen molar-refractivity contribution in [2.45, 2.75) is 37.2 Å². The monoisotopic (exact) mass is 345 g/mol. The van der Waals surface area contributed by atoms with E-state index in [1.807, 2.05) is 24.3 Å². The Morgan fingerprint density at radius 2 is 2.04 bits per heavy atom. The number of hydrogen-bond donors (Lipinski definition) is 0. The molecule has 0 saturated carbocycles. The Kier molecular flexibility index (Phi) is 5.14. The molecule has 0 radical (unpaired) electrons. The van der Waals surface area contributed by atoms with Gasteiger partial charge in [0.25, 0.3) is 0 Å². The van der Waals surface area contributed by atoms with E-state index >= 15 is 0 Å². The van der Waals surface area contributed by atoms with E-state index in [9.17, 15) is 0 Å². The average Bonchev–Trinajstić information content (AvgIpc) is 3.23. The Morgan fingerprint density at radius 3 is 2.71 bits per heavy atom. The highest BCUT2D eigenvalue weighted by Gasteiger charge is 2.12. The summed E-state index contributed by atoms with van der Waals surface area (Å²) >= 11 is 1.50. The maximum Gasteiger partial charge on any atom is 0.210 e. The van der Waals surface area contributed by atoms with Crippen molar-refractivity contribution in [3.63, 3.8) is 0 Å². The minimum Gasteiger partial charge on any atom is -0.497 e. The van der Waals surface area contributed by atoms with E-state index in [1.165, 1.54) is 11.8 Å². The molecule has 0 aliphatic rings. The van der Waals surface area contributed by atoms with Crippen LogP contribution in [0.15, 0.2) is 40.0 Å². The molecule has 0 spiro atoms. The normalized spacial score (nSPS) is 11.2. The highest BCUT2D eigenvalue weighted by atomic mass is 32.2. The molecular formula is C16H19N5O2S. The highest BCUT2D eigenvalue weighted by Crippen LogP contribution is 2.23. The first-order chi connectivity index (χ1) is 11.7. The van der Waals surface area contributed by atoms with Gasteiger partial charge in [0.2, 0.25) is 11.0 Å². The smallest absolute Gasteiger partial charge is 0.210 e. The van der Waals surface area contributed by atoms with E-state index in [0.29, 0.717) is 24.1 Å². The van der Waals surface area contributed by atoms with Crippen molar-refractivity contribution in [3.8, 4) is 5.75 Å². The summed E-state index contributed by atoms with van der Waals surface area (Å²) in [7, 11) is 1.65. The topological polar surface area (TPSA) is 78.9 Å². The van der Waals surface area contributed by atoms with Crippen LogP contribution in [0.3, 0.4) is 0 Å². The predicted octanol–water partition coefficient (Wildman–Crippen LogP) is 3.13. The molecule has 0 fully saturated rings. The third kappa shape index (κ3) is 3.94. The lowest BCUT2D eigenvalue weighted by Crippen LogP contribution is -2.04. The van der Waals surface area contributed by atoms with Gasteiger partial charge in [0, 0.05) is 5.92 Å². The lowest BCUT2D eigenvalue weighted by Gasteiger charge is -2.05. The van der Waals surface area contributed by atoms with Gasteiger partial charge in [-0.1, -0.05) is 37.7 Å². The Bertz CT molecular complexity index is 782. The minimum absolute atomic E-state index is 0.330. The lowest BCUT2D eigenvalue weighted by molar-refractivity contribution is 0.414. The molecule has 0 aliphatic heterocycles. The van der Waals surface area contributed by atoms with Crippen molar-refractivity contribution in [1.82, 2.24) is 25.2 Å². The SMILES string of the molecule is COc1ccc(Cn2nnnc2SCc2ncc(C(C)C)o2)cc1. The zero-order chi connectivity index (χ0) is 16.9. The molecular weight excluding hydrogens is 326 g/mol. The number of benzene rings is 1. The molecule has 7 nitrogen and oxygen atoms in total. The number of oxazole rings is 1. The number of ether oxygens (including phenoxy) is 1. The third-order valence-electron chi connectivity index (χ3n) is 3.46. The molecule has 8 heteroatoms. The number of nitrogens with zero attached hydrogens (tertiary/aromatic N) is 5. The predicted molar refractivity (Wildman–Crippen MR) is 90.1 cm³/mol. The van der Waals surface area contributed by atoms with Gasteiger partial charge >= 0.3 is 0 Å². The second kappa shape index (κ2) is 7.48. The molecule has 0 amide bonds. The van der Waals surface area contributed by atoms with E-state index in [0.717, 1.165) is 22.2 Å². The highest BCUT2D eigenvalue weighted by molar-refractivity contribution is 7.98. The molecule has 0 saturated heterocycles. The van der Waals surface area contributed by atoms with Crippen LogP contribution in [-0.2, 0) is 12.3 Å². The van der Waals surface area contributed by atoms with Crippen LogP contribution in [0.1, 0.15) is 37.0 Å². The number of methoxy groups -OCH3 is 1. The number of tetrazole rings is 1. The quantitative estimate of drug-likeness (QED) is 0.609. The number of rotatable bonds is 7. The van der Waals surface area contributed by atoms with Gasteiger partial charge in [-0.3, -0.25) is 0 Å². The van der Waals surface area contributed by atoms with Crippen LogP contribution in [0.25, 0.3) is 0 Å². The molecule has 3 aromatic rings. The number of aromatic nitrogens is 5. The zero-order valence-electron chi connectivity index (χ0n) is 13.8. The summed E-state index contributed by atoms with van der Waals surface area (Å²) < 4.78 is 12.6. The Labute approximate surface area is 144 Å². The van der Waals surface area contributed by atoms with Gasteiger partial charge in [-0.05, 0) is 28.1 Å². The van der Waals surface area contributed by atoms with Crippen molar-refractivity contribution >= 4 is 11.8 Å². The van der Waals surface area contributed by atoms with Crippen molar-refractivity contribution in [2.75, 3.05) is 7.11 Å². The molecule has 126 valence electrons. The third-order valence-corrected chi connectivity index (χ3v) is 4.40. The van der Waals surface area contributed by atoms with E-state index < -0.39 is 0 Å². The molecule has 1 aromatic carbocycles. The first-order valence-corrected chi connectivity index (χ1v) is 8.60. The summed E-state index contributed by atoms with van der Waals surface area (Å²) in [6, 6.07) is 7.84. The molecule has 0 bridgehead atoms. The summed E-state index contributed by atoms with van der Waals surface area (Å²) in [6.07, 6.45) is 1.78. The van der Waals surface area contributed by atoms with Crippen LogP contribution in [0.5, 0.6) is 5.75 Å². The summed E-state index contributed by atoms with van der Waals surface area (Å²) in [5.74, 6) is 3.33. The van der Waals surface area contributed by atoms with Crippen molar-refractivity contribution in [3.05, 3.63) is 47.7 Å². The first kappa shape index (κ1) is 16.5. The summed E-state index contributed by atoms with van der Waals surface area (Å²) in [4.78, 5) is 4.29. The molecule has 0 N–H and O–H groups in total. The summed E-state index contributed by atoms with van der Waals surface area (Å²) in [6.45, 7) is 4.75. The van der Waals surface area contributed by atoms with Crippen LogP contribution >= 0.6 is 11.8 Å². The first-order valence-electron chi connectivity index (χ1n) is 7.62. The van der Waals surface area contributed by atoms with E-state index in [1.54, 1.807) is 18.0 Å². The molecule has 24 heavy (non-hydrogen) atoms. The number of thioether (sulfide) groups is 1. The fourth-order valence-corrected chi connectivity index (χ4v) is 2.82. The van der Waals surface area contributed by atoms with Crippen LogP contribution in [0.4, 0.5) is 0 Å². The molecule has 0 atom stereocenters. The zero-order valence-corrected chi connectivity index (χ0v) is 14.7. The summed E-state index contributed by atoms with van der Waals surface area (Å²) in [5, 5.41) is 12.6. The Balaban J connectivity index is 1.63. The van der Waals surface area contributed by atoms with Crippen molar-refractivity contribution in [1.29, 1.82) is 0 Å². The fraction of sp³-hybridized carbons (Fsp3) is 0.375. The van der Waals surface area contributed by atoms with Gasteiger partial charge in [0.05, 0.1) is 25.6 Å². The second-order valence-electron chi connectivity index (χ2n) is 5.57. The van der Waals surface area contributed by atoms with Crippen LogP contribution in [0, 0.1) is 0 Å². The summed E-state index contributed by atoms with van der Waals surface area (Å²) in [5.41, 5.74) is 1.10. The minimum atomic E-state index is 0.330. The van der Waals surface area contributed by atoms with Gasteiger partial charge in [-0.25, -0.2) is 9.67 Å². The van der Waals surface area contributed by atoms with Gasteiger partial charge < -0.3 is 9.15 Å². The van der Waals surface area contributed by atoms with Crippen LogP contribution < -0.4 is 4.74 Å². The molecule has 2 heterocycles. The van der Waals surface area contributed by atoms with Gasteiger partial charge in [0.1, 0.15) is 11.5 Å². The van der Waals surface area contributed by atoms with Crippen LogP contribution in [-0.4, -0.2) is 32.3 Å². The Morgan fingerprint density at radius 1 is 1.25 bits per heavy atom. The second-order valence-corrected chi connectivity index (χ2v) is 6.51. The fourth-order valence-electron chi connectivity index (χ4n) is 2.09. The maximum atomic E-state index is 5.70. The molecule has 0 aliphatic carbocycles. The lowest BCUT2D eigenvalue weighted by atomic mass is 10.2. The van der Waals surface area contributed by atoms with Crippen molar-refractivity contribution < 1.29 is 9.15 Å². The van der Waals surface area contributed by atoms with Crippen LogP contribution in [0.2, 0.25) is 0 Å². The van der Waals surface area contributed by atoms with Gasteiger partial charge in [-0.15, -0.1) is 5.10 Å². The maximum absolute atomic E-state index is 5.70. The van der Waals surface area contributed by atoms with Gasteiger partial charge in [-0.2, -0.15) is 0 Å². The van der Waals surface area contributed by atoms with E-state index in [-0.39, 0.29) is 0 Å². The molecule has 3 rings (SSSR count). The largest absolute Gasteiger partial charge is 0.497 e. The Hall–Kier alpha value is -2.35. The van der Waals surface area contributed by atoms with Crippen molar-refractivity contribution in [2.24, 2.45) is 0 Å². The molecule has 2 aromatic heterocycles. The van der Waals surface area contributed by atoms with E-state index in [4.69, 9.17) is 9.15 Å². The van der Waals surface area contributed by atoms with E-state index in [2.05, 4.69) is 34.4 Å². The average molecular weight is 345 g/mol.